The lowest BCUT2D eigenvalue weighted by Crippen LogP contribution is -2.18. The third kappa shape index (κ3) is 3.80. The molecule has 0 aliphatic carbocycles. The number of hydrogen-bond acceptors (Lipinski definition) is 4. The van der Waals surface area contributed by atoms with E-state index in [1.54, 1.807) is 12.1 Å². The molecule has 4 nitrogen and oxygen atoms in total. The zero-order valence-electron chi connectivity index (χ0n) is 9.45. The van der Waals surface area contributed by atoms with Crippen LogP contribution in [0.1, 0.15) is 12.0 Å². The summed E-state index contributed by atoms with van der Waals surface area (Å²) < 4.78 is 28.8. The summed E-state index contributed by atoms with van der Waals surface area (Å²) in [6.45, 7) is 0.329. The molecule has 0 saturated carbocycles. The predicted octanol–water partition coefficient (Wildman–Crippen LogP) is 0.956. The van der Waals surface area contributed by atoms with Gasteiger partial charge >= 0.3 is 0 Å². The number of aliphatic hydroxyl groups excluding tert-OH is 1. The number of benzene rings is 1. The third-order valence-electron chi connectivity index (χ3n) is 2.78. The molecule has 0 bridgehead atoms. The highest BCUT2D eigenvalue weighted by Crippen LogP contribution is 2.20. The minimum atomic E-state index is -3.13. The van der Waals surface area contributed by atoms with Crippen molar-refractivity contribution in [3.63, 3.8) is 0 Å². The summed E-state index contributed by atoms with van der Waals surface area (Å²) in [6, 6.07) is 9.12. The summed E-state index contributed by atoms with van der Waals surface area (Å²) in [5.74, 6) is 0.0538. The van der Waals surface area contributed by atoms with Gasteiger partial charge in [0.05, 0.1) is 18.1 Å². The maximum absolute atomic E-state index is 11.9. The SMILES string of the molecule is O=S(=O)(Cc1ccccc1)C[C@@H]1CO[C@H](O)C1. The molecule has 94 valence electrons. The van der Waals surface area contributed by atoms with E-state index in [9.17, 15) is 8.42 Å². The fourth-order valence-corrected chi connectivity index (χ4v) is 3.80. The lowest BCUT2D eigenvalue weighted by molar-refractivity contribution is -0.0591. The summed E-state index contributed by atoms with van der Waals surface area (Å²) in [5, 5.41) is 9.17. The standard InChI is InChI=1S/C12H16O4S/c13-12-6-11(7-16-12)9-17(14,15)8-10-4-2-1-3-5-10/h1-5,11-13H,6-9H2/t11-,12-/m0/s1. The maximum atomic E-state index is 11.9. The van der Waals surface area contributed by atoms with Gasteiger partial charge in [-0.25, -0.2) is 8.42 Å². The van der Waals surface area contributed by atoms with E-state index < -0.39 is 16.1 Å². The Morgan fingerprint density at radius 2 is 2.00 bits per heavy atom. The summed E-state index contributed by atoms with van der Waals surface area (Å²) >= 11 is 0. The Labute approximate surface area is 101 Å². The first-order valence-corrected chi connectivity index (χ1v) is 7.41. The average molecular weight is 256 g/mol. The lowest BCUT2D eigenvalue weighted by Gasteiger charge is -2.08. The molecule has 1 aliphatic rings. The Bertz CT molecular complexity index is 455. The van der Waals surface area contributed by atoms with Gasteiger partial charge < -0.3 is 9.84 Å². The molecule has 5 heteroatoms. The Morgan fingerprint density at radius 3 is 2.59 bits per heavy atom. The molecule has 1 aliphatic heterocycles. The van der Waals surface area contributed by atoms with Crippen molar-refractivity contribution in [2.24, 2.45) is 5.92 Å². The van der Waals surface area contributed by atoms with Gasteiger partial charge in [0, 0.05) is 12.3 Å². The van der Waals surface area contributed by atoms with Crippen molar-refractivity contribution in [1.82, 2.24) is 0 Å². The molecule has 1 heterocycles. The normalized spacial score (nSPS) is 25.0. The largest absolute Gasteiger partial charge is 0.368 e. The van der Waals surface area contributed by atoms with E-state index in [1.807, 2.05) is 18.2 Å². The molecule has 1 saturated heterocycles. The summed E-state index contributed by atoms with van der Waals surface area (Å²) in [4.78, 5) is 0. The third-order valence-corrected chi connectivity index (χ3v) is 4.53. The van der Waals surface area contributed by atoms with Gasteiger partial charge in [-0.1, -0.05) is 30.3 Å². The lowest BCUT2D eigenvalue weighted by atomic mass is 10.1. The zero-order valence-corrected chi connectivity index (χ0v) is 10.3. The Balaban J connectivity index is 1.95. The van der Waals surface area contributed by atoms with Gasteiger partial charge in [-0.3, -0.25) is 0 Å². The highest BCUT2D eigenvalue weighted by atomic mass is 32.2. The van der Waals surface area contributed by atoms with E-state index in [0.717, 1.165) is 5.56 Å². The van der Waals surface area contributed by atoms with E-state index in [2.05, 4.69) is 0 Å². The Kier molecular flexibility index (Phi) is 3.81. The first kappa shape index (κ1) is 12.5. The second-order valence-electron chi connectivity index (χ2n) is 4.43. The fraction of sp³-hybridized carbons (Fsp3) is 0.500. The van der Waals surface area contributed by atoms with Crippen LogP contribution < -0.4 is 0 Å². The first-order chi connectivity index (χ1) is 8.05. The smallest absolute Gasteiger partial charge is 0.154 e. The molecular formula is C12H16O4S. The van der Waals surface area contributed by atoms with Crippen LogP contribution in [0.25, 0.3) is 0 Å². The van der Waals surface area contributed by atoms with Crippen LogP contribution >= 0.6 is 0 Å². The van der Waals surface area contributed by atoms with Crippen molar-refractivity contribution < 1.29 is 18.3 Å². The number of sulfone groups is 1. The van der Waals surface area contributed by atoms with Crippen LogP contribution in [0.5, 0.6) is 0 Å². The summed E-state index contributed by atoms with van der Waals surface area (Å²) in [5.41, 5.74) is 0.798. The average Bonchev–Trinajstić information content (AvgIpc) is 2.63. The van der Waals surface area contributed by atoms with Crippen molar-refractivity contribution in [3.05, 3.63) is 35.9 Å². The van der Waals surface area contributed by atoms with Crippen molar-refractivity contribution in [2.75, 3.05) is 12.4 Å². The highest BCUT2D eigenvalue weighted by molar-refractivity contribution is 7.90. The molecule has 1 fully saturated rings. The van der Waals surface area contributed by atoms with E-state index in [1.165, 1.54) is 0 Å². The van der Waals surface area contributed by atoms with Gasteiger partial charge in [0.1, 0.15) is 0 Å². The second-order valence-corrected chi connectivity index (χ2v) is 6.54. The number of hydrogen-bond donors (Lipinski definition) is 1. The van der Waals surface area contributed by atoms with Gasteiger partial charge in [0.25, 0.3) is 0 Å². The summed E-state index contributed by atoms with van der Waals surface area (Å²) in [6.07, 6.45) is -0.388. The van der Waals surface area contributed by atoms with Crippen LogP contribution in [-0.4, -0.2) is 32.2 Å². The van der Waals surface area contributed by atoms with Gasteiger partial charge in [-0.15, -0.1) is 0 Å². The van der Waals surface area contributed by atoms with Crippen LogP contribution in [0.2, 0.25) is 0 Å². The van der Waals surface area contributed by atoms with Crippen LogP contribution in [0.3, 0.4) is 0 Å². The van der Waals surface area contributed by atoms with Crippen molar-refractivity contribution in [2.45, 2.75) is 18.5 Å². The molecule has 1 aromatic rings. The van der Waals surface area contributed by atoms with Crippen molar-refractivity contribution in [3.8, 4) is 0 Å². The first-order valence-electron chi connectivity index (χ1n) is 5.59. The molecule has 0 radical (unpaired) electrons. The van der Waals surface area contributed by atoms with E-state index >= 15 is 0 Å². The fourth-order valence-electron chi connectivity index (χ4n) is 2.03. The minimum absolute atomic E-state index is 0.0560. The molecule has 1 N–H and O–H groups in total. The molecule has 17 heavy (non-hydrogen) atoms. The molecular weight excluding hydrogens is 240 g/mol. The molecule has 0 amide bonds. The molecule has 1 aromatic carbocycles. The van der Waals surface area contributed by atoms with E-state index in [0.29, 0.717) is 13.0 Å². The van der Waals surface area contributed by atoms with Crippen LogP contribution in [0.4, 0.5) is 0 Å². The maximum Gasteiger partial charge on any atom is 0.154 e. The van der Waals surface area contributed by atoms with Crippen molar-refractivity contribution in [1.29, 1.82) is 0 Å². The number of ether oxygens (including phenoxy) is 1. The zero-order chi connectivity index (χ0) is 12.3. The van der Waals surface area contributed by atoms with E-state index in [-0.39, 0.29) is 17.4 Å². The topological polar surface area (TPSA) is 63.6 Å². The summed E-state index contributed by atoms with van der Waals surface area (Å²) in [7, 11) is -3.13. The molecule has 2 atom stereocenters. The molecule has 2 rings (SSSR count). The predicted molar refractivity (Wildman–Crippen MR) is 64.0 cm³/mol. The van der Waals surface area contributed by atoms with Crippen LogP contribution in [0.15, 0.2) is 30.3 Å². The quantitative estimate of drug-likeness (QED) is 0.871. The van der Waals surface area contributed by atoms with Crippen LogP contribution in [-0.2, 0) is 20.3 Å². The van der Waals surface area contributed by atoms with Gasteiger partial charge in [0.15, 0.2) is 16.1 Å². The molecule has 0 unspecified atom stereocenters. The molecule has 0 spiro atoms. The molecule has 0 aromatic heterocycles. The number of rotatable bonds is 4. The van der Waals surface area contributed by atoms with Gasteiger partial charge in [-0.05, 0) is 5.56 Å². The Hall–Kier alpha value is -0.910. The van der Waals surface area contributed by atoms with E-state index in [4.69, 9.17) is 9.84 Å². The minimum Gasteiger partial charge on any atom is -0.368 e. The van der Waals surface area contributed by atoms with Gasteiger partial charge in [0.2, 0.25) is 0 Å². The number of aliphatic hydroxyl groups is 1. The highest BCUT2D eigenvalue weighted by Gasteiger charge is 2.28. The monoisotopic (exact) mass is 256 g/mol. The van der Waals surface area contributed by atoms with Gasteiger partial charge in [-0.2, -0.15) is 0 Å². The Morgan fingerprint density at radius 1 is 1.29 bits per heavy atom. The second kappa shape index (κ2) is 5.16. The van der Waals surface area contributed by atoms with Crippen molar-refractivity contribution >= 4 is 9.84 Å². The van der Waals surface area contributed by atoms with Crippen LogP contribution in [0, 0.1) is 5.92 Å².